The first-order valence-corrected chi connectivity index (χ1v) is 9.66. The van der Waals surface area contributed by atoms with Crippen LogP contribution >= 0.6 is 0 Å². The number of aromatic nitrogens is 3. The summed E-state index contributed by atoms with van der Waals surface area (Å²) >= 11 is 0. The second kappa shape index (κ2) is 6.98. The van der Waals surface area contributed by atoms with Crippen molar-refractivity contribution in [2.24, 2.45) is 0 Å². The lowest BCUT2D eigenvalue weighted by Gasteiger charge is -2.29. The molecule has 2 aromatic heterocycles. The van der Waals surface area contributed by atoms with Gasteiger partial charge in [-0.25, -0.2) is 14.4 Å². The van der Waals surface area contributed by atoms with Gasteiger partial charge in [0.25, 0.3) is 5.91 Å². The summed E-state index contributed by atoms with van der Waals surface area (Å²) in [5.74, 6) is -0.293. The molecule has 0 spiro atoms. The number of nitrogens with zero attached hydrogens (tertiary/aromatic N) is 4. The van der Waals surface area contributed by atoms with Crippen molar-refractivity contribution in [2.75, 3.05) is 19.8 Å². The van der Waals surface area contributed by atoms with Crippen molar-refractivity contribution in [1.82, 2.24) is 19.4 Å². The lowest BCUT2D eigenvalue weighted by molar-refractivity contribution is 0.0704. The van der Waals surface area contributed by atoms with E-state index in [-0.39, 0.29) is 11.7 Å². The topological polar surface area (TPSA) is 60.3 Å². The van der Waals surface area contributed by atoms with Gasteiger partial charge < -0.3 is 14.2 Å². The Balaban J connectivity index is 1.39. The normalized spacial score (nSPS) is 17.7. The molecule has 0 bridgehead atoms. The van der Waals surface area contributed by atoms with Gasteiger partial charge in [-0.05, 0) is 48.6 Å². The molecular weight excluding hydrogens is 359 g/mol. The molecular formula is C21H21FN4O2. The first-order chi connectivity index (χ1) is 13.7. The molecule has 0 radical (unpaired) electrons. The molecule has 1 amide bonds. The maximum Gasteiger partial charge on any atom is 0.255 e. The first-order valence-electron chi connectivity index (χ1n) is 9.66. The molecule has 1 aromatic carbocycles. The number of halogens is 1. The number of pyridine rings is 1. The van der Waals surface area contributed by atoms with Gasteiger partial charge in [0, 0.05) is 38.5 Å². The Hall–Kier alpha value is -2.80. The third-order valence-corrected chi connectivity index (χ3v) is 5.71. The third kappa shape index (κ3) is 3.05. The van der Waals surface area contributed by atoms with Crippen LogP contribution in [0.5, 0.6) is 0 Å². The number of rotatable bonds is 2. The smallest absolute Gasteiger partial charge is 0.255 e. The number of benzene rings is 1. The molecule has 6 nitrogen and oxygen atoms in total. The summed E-state index contributed by atoms with van der Waals surface area (Å²) in [5.41, 5.74) is 4.06. The van der Waals surface area contributed by atoms with Gasteiger partial charge in [-0.3, -0.25) is 4.79 Å². The third-order valence-electron chi connectivity index (χ3n) is 5.71. The summed E-state index contributed by atoms with van der Waals surface area (Å²) in [4.78, 5) is 23.8. The minimum absolute atomic E-state index is 0.0648. The maximum absolute atomic E-state index is 13.4. The molecule has 5 rings (SSSR count). The summed E-state index contributed by atoms with van der Waals surface area (Å²) < 4.78 is 20.9. The van der Waals surface area contributed by atoms with Crippen LogP contribution in [0.1, 0.15) is 40.4 Å². The predicted octanol–water partition coefficient (Wildman–Crippen LogP) is 3.12. The van der Waals surface area contributed by atoms with Gasteiger partial charge in [-0.15, -0.1) is 0 Å². The van der Waals surface area contributed by atoms with Crippen molar-refractivity contribution in [3.8, 4) is 0 Å². The van der Waals surface area contributed by atoms with Gasteiger partial charge in [0.15, 0.2) is 5.65 Å². The lowest BCUT2D eigenvalue weighted by atomic mass is 9.99. The van der Waals surface area contributed by atoms with E-state index in [1.165, 1.54) is 6.07 Å². The van der Waals surface area contributed by atoms with Gasteiger partial charge in [0.2, 0.25) is 0 Å². The summed E-state index contributed by atoms with van der Waals surface area (Å²) in [6.07, 6.45) is 6.01. The highest BCUT2D eigenvalue weighted by atomic mass is 19.1. The van der Waals surface area contributed by atoms with E-state index in [9.17, 15) is 9.18 Å². The second-order valence-corrected chi connectivity index (χ2v) is 7.45. The number of imidazole rings is 1. The highest BCUT2D eigenvalue weighted by molar-refractivity contribution is 5.96. The maximum atomic E-state index is 13.4. The number of ether oxygens (including phenoxy) is 1. The Bertz CT molecular complexity index is 1040. The minimum Gasteiger partial charge on any atom is -0.381 e. The summed E-state index contributed by atoms with van der Waals surface area (Å²) in [6, 6.07) is 6.94. The Morgan fingerprint density at radius 2 is 2.00 bits per heavy atom. The SMILES string of the molecule is O=C(c1cnc2c(c1)ncn2C1CCOCC1)N1CCc2cc(F)ccc2C1. The Morgan fingerprint density at radius 1 is 1.14 bits per heavy atom. The lowest BCUT2D eigenvalue weighted by Crippen LogP contribution is -2.36. The van der Waals surface area contributed by atoms with Crippen molar-refractivity contribution in [2.45, 2.75) is 31.8 Å². The van der Waals surface area contributed by atoms with E-state index in [2.05, 4.69) is 14.5 Å². The van der Waals surface area contributed by atoms with Crippen LogP contribution in [0.2, 0.25) is 0 Å². The van der Waals surface area contributed by atoms with Crippen LogP contribution in [-0.4, -0.2) is 45.1 Å². The summed E-state index contributed by atoms with van der Waals surface area (Å²) in [6.45, 7) is 2.56. The van der Waals surface area contributed by atoms with Crippen molar-refractivity contribution >= 4 is 17.1 Å². The molecule has 0 saturated carbocycles. The molecule has 1 fully saturated rings. The Morgan fingerprint density at radius 3 is 2.86 bits per heavy atom. The highest BCUT2D eigenvalue weighted by Gasteiger charge is 2.24. The van der Waals surface area contributed by atoms with Gasteiger partial charge in [-0.1, -0.05) is 6.07 Å². The van der Waals surface area contributed by atoms with E-state index >= 15 is 0 Å². The van der Waals surface area contributed by atoms with Gasteiger partial charge in [-0.2, -0.15) is 0 Å². The van der Waals surface area contributed by atoms with Crippen LogP contribution in [0.4, 0.5) is 4.39 Å². The fraction of sp³-hybridized carbons (Fsp3) is 0.381. The number of hydrogen-bond donors (Lipinski definition) is 0. The molecule has 0 aliphatic carbocycles. The Labute approximate surface area is 162 Å². The number of amides is 1. The molecule has 4 heterocycles. The van der Waals surface area contributed by atoms with Crippen molar-refractivity contribution in [3.05, 3.63) is 59.3 Å². The van der Waals surface area contributed by atoms with E-state index in [0.29, 0.717) is 31.1 Å². The summed E-state index contributed by atoms with van der Waals surface area (Å²) in [5, 5.41) is 0. The van der Waals surface area contributed by atoms with E-state index in [1.807, 2.05) is 12.4 Å². The minimum atomic E-state index is -0.228. The fourth-order valence-electron chi connectivity index (χ4n) is 4.14. The van der Waals surface area contributed by atoms with Crippen LogP contribution < -0.4 is 0 Å². The number of fused-ring (bicyclic) bond motifs is 2. The van der Waals surface area contributed by atoms with E-state index in [0.717, 1.165) is 48.3 Å². The van der Waals surface area contributed by atoms with Crippen LogP contribution in [0.3, 0.4) is 0 Å². The molecule has 144 valence electrons. The van der Waals surface area contributed by atoms with Crippen molar-refractivity contribution < 1.29 is 13.9 Å². The second-order valence-electron chi connectivity index (χ2n) is 7.45. The zero-order valence-corrected chi connectivity index (χ0v) is 15.5. The molecule has 0 atom stereocenters. The number of hydrogen-bond acceptors (Lipinski definition) is 4. The monoisotopic (exact) mass is 380 g/mol. The molecule has 28 heavy (non-hydrogen) atoms. The quantitative estimate of drug-likeness (QED) is 0.685. The van der Waals surface area contributed by atoms with Crippen LogP contribution in [-0.2, 0) is 17.7 Å². The molecule has 2 aliphatic heterocycles. The van der Waals surface area contributed by atoms with Crippen molar-refractivity contribution in [3.63, 3.8) is 0 Å². The zero-order valence-electron chi connectivity index (χ0n) is 15.5. The van der Waals surface area contributed by atoms with Gasteiger partial charge in [0.05, 0.1) is 11.9 Å². The molecule has 2 aliphatic rings. The van der Waals surface area contributed by atoms with Crippen LogP contribution in [0.25, 0.3) is 11.2 Å². The van der Waals surface area contributed by atoms with Crippen LogP contribution in [0, 0.1) is 5.82 Å². The average Bonchev–Trinajstić information content (AvgIpc) is 3.16. The number of carbonyl (C=O) groups is 1. The molecule has 0 unspecified atom stereocenters. The van der Waals surface area contributed by atoms with E-state index < -0.39 is 0 Å². The molecule has 7 heteroatoms. The highest BCUT2D eigenvalue weighted by Crippen LogP contribution is 2.26. The Kier molecular flexibility index (Phi) is 4.31. The van der Waals surface area contributed by atoms with Gasteiger partial charge in [0.1, 0.15) is 11.3 Å². The predicted molar refractivity (Wildman–Crippen MR) is 101 cm³/mol. The number of carbonyl (C=O) groups excluding carboxylic acids is 1. The van der Waals surface area contributed by atoms with Crippen molar-refractivity contribution in [1.29, 1.82) is 0 Å². The fourth-order valence-corrected chi connectivity index (χ4v) is 4.14. The summed E-state index contributed by atoms with van der Waals surface area (Å²) in [7, 11) is 0. The standard InChI is InChI=1S/C21H21FN4O2/c22-17-2-1-15-12-25(6-3-14(15)9-17)21(27)16-10-19-20(23-11-16)26(13-24-19)18-4-7-28-8-5-18/h1-2,9-11,13,18H,3-8,12H2. The average molecular weight is 380 g/mol. The van der Waals surface area contributed by atoms with E-state index in [4.69, 9.17) is 4.74 Å². The molecule has 3 aromatic rings. The molecule has 1 saturated heterocycles. The molecule has 0 N–H and O–H groups in total. The van der Waals surface area contributed by atoms with Crippen LogP contribution in [0.15, 0.2) is 36.8 Å². The van der Waals surface area contributed by atoms with E-state index in [1.54, 1.807) is 23.2 Å². The zero-order chi connectivity index (χ0) is 19.1. The largest absolute Gasteiger partial charge is 0.381 e. The van der Waals surface area contributed by atoms with Gasteiger partial charge >= 0.3 is 0 Å². The first kappa shape index (κ1) is 17.3.